The normalized spacial score (nSPS) is 13.5. The number of benzene rings is 4. The predicted octanol–water partition coefficient (Wildman–Crippen LogP) is 13.9. The molecule has 1 nitrogen and oxygen atoms in total. The summed E-state index contributed by atoms with van der Waals surface area (Å²) in [7, 11) is 0. The van der Waals surface area contributed by atoms with Gasteiger partial charge < -0.3 is 4.57 Å². The number of aryl methyl sites for hydroxylation is 3. The molecule has 0 radical (unpaired) electrons. The van der Waals surface area contributed by atoms with Crippen LogP contribution in [0.3, 0.4) is 0 Å². The standard InChI is InChI=1S/C45H57N/c1-6-9-11-13-15-17-27-45(28-18-16-14-12-10-7-2)41-30-34(5)19-23-37(41)38-24-21-36(32-42(38)45)35-22-26-44-40(31-35)39-29-33(4)20-25-43(39)46(44)8-3/h19-26,29-32H,6-18,27-28H2,1-5H3. The Morgan fingerprint density at radius 2 is 0.957 bits per heavy atom. The van der Waals surface area contributed by atoms with Crippen molar-refractivity contribution in [2.45, 2.75) is 136 Å². The third-order valence-corrected chi connectivity index (χ3v) is 11.1. The van der Waals surface area contributed by atoms with Crippen LogP contribution < -0.4 is 0 Å². The molecule has 0 unspecified atom stereocenters. The first-order valence-corrected chi connectivity index (χ1v) is 18.8. The highest BCUT2D eigenvalue weighted by molar-refractivity contribution is 6.09. The fourth-order valence-electron chi connectivity index (χ4n) is 8.60. The van der Waals surface area contributed by atoms with Crippen LogP contribution in [0.15, 0.2) is 72.8 Å². The van der Waals surface area contributed by atoms with E-state index in [-0.39, 0.29) is 5.41 Å². The molecule has 0 amide bonds. The third-order valence-electron chi connectivity index (χ3n) is 11.1. The first-order chi connectivity index (χ1) is 22.5. The summed E-state index contributed by atoms with van der Waals surface area (Å²) in [5.41, 5.74) is 14.4. The van der Waals surface area contributed by atoms with Crippen molar-refractivity contribution in [2.75, 3.05) is 0 Å². The van der Waals surface area contributed by atoms with Crippen molar-refractivity contribution in [3.63, 3.8) is 0 Å². The molecule has 0 N–H and O–H groups in total. The lowest BCUT2D eigenvalue weighted by molar-refractivity contribution is 0.398. The van der Waals surface area contributed by atoms with Crippen LogP contribution in [-0.2, 0) is 12.0 Å². The summed E-state index contributed by atoms with van der Waals surface area (Å²) in [4.78, 5) is 0. The van der Waals surface area contributed by atoms with Crippen LogP contribution >= 0.6 is 0 Å². The van der Waals surface area contributed by atoms with Crippen molar-refractivity contribution in [2.24, 2.45) is 0 Å². The lowest BCUT2D eigenvalue weighted by Gasteiger charge is -2.33. The maximum Gasteiger partial charge on any atom is 0.0491 e. The van der Waals surface area contributed by atoms with E-state index in [0.29, 0.717) is 0 Å². The third kappa shape index (κ3) is 6.32. The summed E-state index contributed by atoms with van der Waals surface area (Å²) in [6.07, 6.45) is 18.8. The van der Waals surface area contributed by atoms with E-state index >= 15 is 0 Å². The number of unbranched alkanes of at least 4 members (excludes halogenated alkanes) is 10. The Morgan fingerprint density at radius 3 is 1.61 bits per heavy atom. The van der Waals surface area contributed by atoms with Crippen molar-refractivity contribution in [1.82, 2.24) is 4.57 Å². The van der Waals surface area contributed by atoms with Crippen molar-refractivity contribution in [3.8, 4) is 22.3 Å². The summed E-state index contributed by atoms with van der Waals surface area (Å²) < 4.78 is 2.47. The highest BCUT2D eigenvalue weighted by atomic mass is 15.0. The Morgan fingerprint density at radius 1 is 0.478 bits per heavy atom. The molecule has 1 aliphatic rings. The molecule has 4 aromatic carbocycles. The van der Waals surface area contributed by atoms with Crippen molar-refractivity contribution in [1.29, 1.82) is 0 Å². The van der Waals surface area contributed by atoms with Crippen molar-refractivity contribution in [3.05, 3.63) is 95.1 Å². The highest BCUT2D eigenvalue weighted by Crippen LogP contribution is 2.55. The van der Waals surface area contributed by atoms with Crippen molar-refractivity contribution < 1.29 is 0 Å². The maximum atomic E-state index is 2.62. The van der Waals surface area contributed by atoms with Gasteiger partial charge in [0.15, 0.2) is 0 Å². The van der Waals surface area contributed by atoms with E-state index in [1.807, 2.05) is 0 Å². The van der Waals surface area contributed by atoms with Gasteiger partial charge >= 0.3 is 0 Å². The van der Waals surface area contributed by atoms with E-state index in [9.17, 15) is 0 Å². The number of rotatable bonds is 16. The Hall–Kier alpha value is -3.32. The molecule has 0 fully saturated rings. The molecule has 1 heterocycles. The minimum absolute atomic E-state index is 0.113. The quantitative estimate of drug-likeness (QED) is 0.0978. The number of hydrogen-bond donors (Lipinski definition) is 0. The highest BCUT2D eigenvalue weighted by Gasteiger charge is 2.42. The summed E-state index contributed by atoms with van der Waals surface area (Å²) in [5.74, 6) is 0. The molecule has 0 atom stereocenters. The number of nitrogens with zero attached hydrogens (tertiary/aromatic N) is 1. The van der Waals surface area contributed by atoms with E-state index in [0.717, 1.165) is 6.54 Å². The van der Waals surface area contributed by atoms with Crippen LogP contribution in [-0.4, -0.2) is 4.57 Å². The van der Waals surface area contributed by atoms with Gasteiger partial charge in [-0.1, -0.05) is 144 Å². The molecule has 0 saturated heterocycles. The lowest BCUT2D eigenvalue weighted by Crippen LogP contribution is -2.25. The monoisotopic (exact) mass is 611 g/mol. The smallest absolute Gasteiger partial charge is 0.0491 e. The van der Waals surface area contributed by atoms with Gasteiger partial charge in [0.1, 0.15) is 0 Å². The number of hydrogen-bond acceptors (Lipinski definition) is 0. The molecule has 6 rings (SSSR count). The summed E-state index contributed by atoms with van der Waals surface area (Å²) in [6.45, 7) is 12.4. The molecule has 5 aromatic rings. The minimum atomic E-state index is 0.113. The summed E-state index contributed by atoms with van der Waals surface area (Å²) in [5, 5.41) is 2.76. The Labute approximate surface area is 279 Å². The van der Waals surface area contributed by atoms with Gasteiger partial charge in [-0.05, 0) is 97.3 Å². The van der Waals surface area contributed by atoms with Gasteiger partial charge in [0, 0.05) is 33.8 Å². The fourth-order valence-corrected chi connectivity index (χ4v) is 8.60. The number of aromatic nitrogens is 1. The number of fused-ring (bicyclic) bond motifs is 6. The molecule has 1 aromatic heterocycles. The second-order valence-electron chi connectivity index (χ2n) is 14.4. The van der Waals surface area contributed by atoms with Crippen LogP contribution in [0.4, 0.5) is 0 Å². The molecule has 0 saturated carbocycles. The van der Waals surface area contributed by atoms with Crippen LogP contribution in [0, 0.1) is 13.8 Å². The van der Waals surface area contributed by atoms with Gasteiger partial charge in [-0.2, -0.15) is 0 Å². The topological polar surface area (TPSA) is 4.93 Å². The molecular weight excluding hydrogens is 555 g/mol. The molecule has 0 bridgehead atoms. The van der Waals surface area contributed by atoms with Gasteiger partial charge in [0.05, 0.1) is 0 Å². The van der Waals surface area contributed by atoms with Gasteiger partial charge in [0.2, 0.25) is 0 Å². The molecule has 1 heteroatoms. The zero-order valence-electron chi connectivity index (χ0n) is 29.5. The SMILES string of the molecule is CCCCCCCCC1(CCCCCCCC)c2cc(C)ccc2-c2ccc(-c3ccc4c(c3)c3cc(C)ccc3n4CC)cc21. The second-order valence-corrected chi connectivity index (χ2v) is 14.4. The van der Waals surface area contributed by atoms with E-state index in [2.05, 4.69) is 112 Å². The van der Waals surface area contributed by atoms with E-state index in [1.165, 1.54) is 145 Å². The molecular formula is C45H57N. The lowest BCUT2D eigenvalue weighted by atomic mass is 9.70. The van der Waals surface area contributed by atoms with Gasteiger partial charge in [-0.15, -0.1) is 0 Å². The van der Waals surface area contributed by atoms with Gasteiger partial charge in [-0.25, -0.2) is 0 Å². The van der Waals surface area contributed by atoms with Crippen LogP contribution in [0.25, 0.3) is 44.1 Å². The van der Waals surface area contributed by atoms with Crippen LogP contribution in [0.2, 0.25) is 0 Å². The zero-order valence-corrected chi connectivity index (χ0v) is 29.5. The van der Waals surface area contributed by atoms with E-state index in [4.69, 9.17) is 0 Å². The van der Waals surface area contributed by atoms with Crippen LogP contribution in [0.5, 0.6) is 0 Å². The predicted molar refractivity (Wildman–Crippen MR) is 202 cm³/mol. The minimum Gasteiger partial charge on any atom is -0.341 e. The molecule has 242 valence electrons. The van der Waals surface area contributed by atoms with Crippen molar-refractivity contribution >= 4 is 21.8 Å². The van der Waals surface area contributed by atoms with Crippen LogP contribution in [0.1, 0.15) is 133 Å². The average Bonchev–Trinajstić information content (AvgIpc) is 3.52. The van der Waals surface area contributed by atoms with E-state index < -0.39 is 0 Å². The first-order valence-electron chi connectivity index (χ1n) is 18.8. The molecule has 0 aliphatic heterocycles. The maximum absolute atomic E-state index is 2.62. The van der Waals surface area contributed by atoms with E-state index in [1.54, 1.807) is 11.1 Å². The Bertz CT molecular complexity index is 1770. The summed E-state index contributed by atoms with van der Waals surface area (Å²) >= 11 is 0. The molecule has 0 spiro atoms. The second kappa shape index (κ2) is 14.6. The molecule has 1 aliphatic carbocycles. The zero-order chi connectivity index (χ0) is 32.1. The van der Waals surface area contributed by atoms with Gasteiger partial charge in [-0.3, -0.25) is 0 Å². The first kappa shape index (κ1) is 32.6. The largest absolute Gasteiger partial charge is 0.341 e. The Kier molecular flexibility index (Phi) is 10.4. The fraction of sp³-hybridized carbons (Fsp3) is 0.467. The summed E-state index contributed by atoms with van der Waals surface area (Å²) in [6, 6.07) is 29.0. The van der Waals surface area contributed by atoms with Gasteiger partial charge in [0.25, 0.3) is 0 Å². The molecule has 46 heavy (non-hydrogen) atoms. The average molecular weight is 612 g/mol. The Balaban J connectivity index is 1.42.